The predicted octanol–water partition coefficient (Wildman–Crippen LogP) is 3.52. The number of Topliss-reactive ketones (excluding diaryl/α,β-unsaturated/α-hetero) is 1. The van der Waals surface area contributed by atoms with Gasteiger partial charge in [0.15, 0.2) is 10.9 Å². The van der Waals surface area contributed by atoms with Gasteiger partial charge in [-0.1, -0.05) is 11.6 Å². The van der Waals surface area contributed by atoms with E-state index < -0.39 is 5.97 Å². The van der Waals surface area contributed by atoms with Crippen LogP contribution in [0.15, 0.2) is 17.5 Å². The smallest absolute Gasteiger partial charge is 0.306 e. The van der Waals surface area contributed by atoms with E-state index >= 15 is 0 Å². The van der Waals surface area contributed by atoms with E-state index in [0.717, 1.165) is 0 Å². The number of amides is 1. The van der Waals surface area contributed by atoms with E-state index in [9.17, 15) is 14.4 Å². The lowest BCUT2D eigenvalue weighted by Crippen LogP contribution is -2.08. The summed E-state index contributed by atoms with van der Waals surface area (Å²) in [5.41, 5.74) is 0.545. The van der Waals surface area contributed by atoms with E-state index in [2.05, 4.69) is 10.3 Å². The molecular formula is C14H13ClN2O4S2. The van der Waals surface area contributed by atoms with Gasteiger partial charge in [0.25, 0.3) is 0 Å². The van der Waals surface area contributed by atoms with Crippen molar-refractivity contribution in [1.82, 2.24) is 4.98 Å². The van der Waals surface area contributed by atoms with Crippen molar-refractivity contribution in [3.05, 3.63) is 32.4 Å². The average molecular weight is 373 g/mol. The lowest BCUT2D eigenvalue weighted by molar-refractivity contribution is -0.145. The molecule has 1 amide bonds. The second kappa shape index (κ2) is 8.19. The summed E-state index contributed by atoms with van der Waals surface area (Å²) in [6.07, 6.45) is 0.0704. The molecule has 2 aromatic rings. The van der Waals surface area contributed by atoms with E-state index in [0.29, 0.717) is 20.0 Å². The Morgan fingerprint density at radius 1 is 1.30 bits per heavy atom. The number of nitrogens with zero attached hydrogens (tertiary/aromatic N) is 1. The number of thiazole rings is 1. The second-order valence-corrected chi connectivity index (χ2v) is 7.09. The Morgan fingerprint density at radius 2 is 2.09 bits per heavy atom. The van der Waals surface area contributed by atoms with Crippen molar-refractivity contribution in [3.63, 3.8) is 0 Å². The number of carbonyl (C=O) groups is 3. The molecule has 0 unspecified atom stereocenters. The number of esters is 1. The number of aromatic nitrogens is 1. The lowest BCUT2D eigenvalue weighted by atomic mass is 10.2. The van der Waals surface area contributed by atoms with Crippen molar-refractivity contribution < 1.29 is 19.1 Å². The molecule has 122 valence electrons. The molecule has 0 saturated carbocycles. The summed E-state index contributed by atoms with van der Waals surface area (Å²) in [6, 6.07) is 3.28. The SMILES string of the molecule is CC(=O)Nc1nc(COC(=O)CCC(=O)c2ccc(Cl)s2)cs1. The molecular weight excluding hydrogens is 360 g/mol. The molecule has 23 heavy (non-hydrogen) atoms. The number of ether oxygens (including phenoxy) is 1. The summed E-state index contributed by atoms with van der Waals surface area (Å²) in [7, 11) is 0. The molecule has 0 aliphatic carbocycles. The average Bonchev–Trinajstić information content (AvgIpc) is 3.11. The maximum absolute atomic E-state index is 11.8. The molecule has 2 heterocycles. The van der Waals surface area contributed by atoms with Crippen molar-refractivity contribution in [2.24, 2.45) is 0 Å². The summed E-state index contributed by atoms with van der Waals surface area (Å²) in [6.45, 7) is 1.40. The van der Waals surface area contributed by atoms with Crippen LogP contribution >= 0.6 is 34.3 Å². The highest BCUT2D eigenvalue weighted by Crippen LogP contribution is 2.23. The lowest BCUT2D eigenvalue weighted by Gasteiger charge is -2.02. The van der Waals surface area contributed by atoms with Gasteiger partial charge in [-0.2, -0.15) is 0 Å². The topological polar surface area (TPSA) is 85.4 Å². The van der Waals surface area contributed by atoms with Gasteiger partial charge < -0.3 is 10.1 Å². The summed E-state index contributed by atoms with van der Waals surface area (Å²) >= 11 is 8.19. The molecule has 1 N–H and O–H groups in total. The van der Waals surface area contributed by atoms with Crippen LogP contribution in [-0.2, 0) is 20.9 Å². The molecule has 2 rings (SSSR count). The zero-order chi connectivity index (χ0) is 16.8. The molecule has 0 aromatic carbocycles. The number of anilines is 1. The molecule has 0 radical (unpaired) electrons. The molecule has 0 fully saturated rings. The third-order valence-electron chi connectivity index (χ3n) is 2.62. The molecule has 0 bridgehead atoms. The maximum Gasteiger partial charge on any atom is 0.306 e. The third kappa shape index (κ3) is 5.74. The van der Waals surface area contributed by atoms with Crippen LogP contribution in [0.2, 0.25) is 4.34 Å². The fourth-order valence-electron chi connectivity index (χ4n) is 1.61. The Labute approximate surface area is 145 Å². The summed E-state index contributed by atoms with van der Waals surface area (Å²) in [4.78, 5) is 39.0. The number of nitrogens with one attached hydrogen (secondary N) is 1. The molecule has 0 atom stereocenters. The van der Waals surface area contributed by atoms with Crippen molar-refractivity contribution in [1.29, 1.82) is 0 Å². The monoisotopic (exact) mass is 372 g/mol. The molecule has 9 heteroatoms. The van der Waals surface area contributed by atoms with Crippen molar-refractivity contribution in [2.45, 2.75) is 26.4 Å². The molecule has 0 aliphatic heterocycles. The fraction of sp³-hybridized carbons (Fsp3) is 0.286. The van der Waals surface area contributed by atoms with Crippen LogP contribution in [-0.4, -0.2) is 22.6 Å². The number of carbonyl (C=O) groups excluding carboxylic acids is 3. The molecule has 2 aromatic heterocycles. The minimum Gasteiger partial charge on any atom is -0.459 e. The van der Waals surface area contributed by atoms with E-state index in [-0.39, 0.29) is 31.1 Å². The first-order valence-corrected chi connectivity index (χ1v) is 8.67. The summed E-state index contributed by atoms with van der Waals surface area (Å²) in [5, 5.41) is 4.69. The van der Waals surface area contributed by atoms with Gasteiger partial charge in [-0.25, -0.2) is 4.98 Å². The number of hydrogen-bond donors (Lipinski definition) is 1. The Balaban J connectivity index is 1.73. The highest BCUT2D eigenvalue weighted by atomic mass is 35.5. The van der Waals surface area contributed by atoms with Gasteiger partial charge in [-0.3, -0.25) is 14.4 Å². The number of rotatable bonds is 7. The molecule has 0 aliphatic rings. The van der Waals surface area contributed by atoms with E-state index in [1.54, 1.807) is 17.5 Å². The molecule has 0 spiro atoms. The highest BCUT2D eigenvalue weighted by Gasteiger charge is 2.13. The van der Waals surface area contributed by atoms with Gasteiger partial charge in [0.1, 0.15) is 6.61 Å². The van der Waals surface area contributed by atoms with Crippen molar-refractivity contribution in [3.8, 4) is 0 Å². The number of halogens is 1. The van der Waals surface area contributed by atoms with Gasteiger partial charge in [0.05, 0.1) is 21.3 Å². The third-order valence-corrected chi connectivity index (χ3v) is 4.70. The quantitative estimate of drug-likeness (QED) is 0.593. The standard InChI is InChI=1S/C14H13ClN2O4S2/c1-8(18)16-14-17-9(7-22-14)6-21-13(20)5-2-10(19)11-3-4-12(15)23-11/h3-4,7H,2,5-6H2,1H3,(H,16,17,18). The Morgan fingerprint density at radius 3 is 2.74 bits per heavy atom. The first kappa shape index (κ1) is 17.6. The Hall–Kier alpha value is -1.77. The van der Waals surface area contributed by atoms with Crippen LogP contribution in [0.5, 0.6) is 0 Å². The van der Waals surface area contributed by atoms with E-state index in [4.69, 9.17) is 16.3 Å². The van der Waals surface area contributed by atoms with Crippen LogP contribution in [0.1, 0.15) is 35.1 Å². The maximum atomic E-state index is 11.8. The van der Waals surface area contributed by atoms with E-state index in [1.807, 2.05) is 0 Å². The Kier molecular flexibility index (Phi) is 6.26. The normalized spacial score (nSPS) is 10.3. The number of thiophene rings is 1. The minimum absolute atomic E-state index is 0.00293. The van der Waals surface area contributed by atoms with Crippen LogP contribution in [0.3, 0.4) is 0 Å². The Bertz CT molecular complexity index is 726. The molecule has 0 saturated heterocycles. The summed E-state index contributed by atoms with van der Waals surface area (Å²) in [5.74, 6) is -0.828. The minimum atomic E-state index is -0.477. The first-order valence-electron chi connectivity index (χ1n) is 6.60. The van der Waals surface area contributed by atoms with Crippen LogP contribution in [0, 0.1) is 0 Å². The number of hydrogen-bond acceptors (Lipinski definition) is 7. The van der Waals surface area contributed by atoms with Gasteiger partial charge in [-0.15, -0.1) is 22.7 Å². The first-order chi connectivity index (χ1) is 10.9. The predicted molar refractivity (Wildman–Crippen MR) is 89.1 cm³/mol. The van der Waals surface area contributed by atoms with Crippen LogP contribution in [0.4, 0.5) is 5.13 Å². The van der Waals surface area contributed by atoms with Gasteiger partial charge in [-0.05, 0) is 12.1 Å². The van der Waals surface area contributed by atoms with Gasteiger partial charge >= 0.3 is 5.97 Å². The van der Waals surface area contributed by atoms with Crippen LogP contribution in [0.25, 0.3) is 0 Å². The van der Waals surface area contributed by atoms with Crippen molar-refractivity contribution >= 4 is 57.1 Å². The second-order valence-electron chi connectivity index (χ2n) is 4.51. The zero-order valence-corrected chi connectivity index (χ0v) is 14.5. The van der Waals surface area contributed by atoms with E-state index in [1.165, 1.54) is 29.6 Å². The molecule has 6 nitrogen and oxygen atoms in total. The van der Waals surface area contributed by atoms with Crippen LogP contribution < -0.4 is 5.32 Å². The highest BCUT2D eigenvalue weighted by molar-refractivity contribution is 7.18. The summed E-state index contributed by atoms with van der Waals surface area (Å²) < 4.78 is 5.59. The zero-order valence-electron chi connectivity index (χ0n) is 12.1. The fourth-order valence-corrected chi connectivity index (χ4v) is 3.36. The number of ketones is 1. The van der Waals surface area contributed by atoms with Crippen molar-refractivity contribution in [2.75, 3.05) is 5.32 Å². The largest absolute Gasteiger partial charge is 0.459 e. The van der Waals surface area contributed by atoms with Gasteiger partial charge in [0.2, 0.25) is 5.91 Å². The van der Waals surface area contributed by atoms with Gasteiger partial charge in [0, 0.05) is 18.7 Å².